The van der Waals surface area contributed by atoms with Gasteiger partial charge in [-0.2, -0.15) is 0 Å². The van der Waals surface area contributed by atoms with Crippen LogP contribution in [-0.4, -0.2) is 80.2 Å². The molecule has 32 heavy (non-hydrogen) atoms. The zero-order valence-corrected chi connectivity index (χ0v) is 19.2. The van der Waals surface area contributed by atoms with Crippen LogP contribution in [0.4, 0.5) is 5.82 Å². The molecular formula is C25H34N4O3. The molecule has 4 rings (SSSR count). The van der Waals surface area contributed by atoms with Crippen LogP contribution in [0, 0.1) is 5.92 Å². The fraction of sp³-hybridized carbons (Fsp3) is 0.520. The lowest BCUT2D eigenvalue weighted by Crippen LogP contribution is -2.49. The highest BCUT2D eigenvalue weighted by molar-refractivity contribution is 5.94. The van der Waals surface area contributed by atoms with Crippen molar-refractivity contribution in [3.05, 3.63) is 48.2 Å². The number of methoxy groups -OCH3 is 1. The number of piperidine rings is 1. The van der Waals surface area contributed by atoms with Gasteiger partial charge in [-0.05, 0) is 43.0 Å². The van der Waals surface area contributed by atoms with Crippen molar-refractivity contribution in [2.75, 3.05) is 64.4 Å². The number of pyridine rings is 1. The number of anilines is 1. The van der Waals surface area contributed by atoms with Gasteiger partial charge in [0.1, 0.15) is 23.9 Å². The molecule has 0 radical (unpaired) electrons. The highest BCUT2D eigenvalue weighted by Gasteiger charge is 2.23. The number of benzene rings is 1. The lowest BCUT2D eigenvalue weighted by Gasteiger charge is -2.34. The Morgan fingerprint density at radius 3 is 2.47 bits per heavy atom. The Kier molecular flexibility index (Phi) is 7.47. The van der Waals surface area contributed by atoms with Crippen LogP contribution >= 0.6 is 0 Å². The number of rotatable bonds is 7. The van der Waals surface area contributed by atoms with E-state index in [2.05, 4.69) is 21.7 Å². The molecule has 0 atom stereocenters. The second kappa shape index (κ2) is 10.7. The minimum atomic E-state index is 0.0728. The van der Waals surface area contributed by atoms with Crippen molar-refractivity contribution in [3.63, 3.8) is 0 Å². The van der Waals surface area contributed by atoms with Crippen molar-refractivity contribution in [2.45, 2.75) is 19.8 Å². The molecule has 1 amide bonds. The lowest BCUT2D eigenvalue weighted by atomic mass is 9.99. The molecule has 0 bridgehead atoms. The molecule has 0 spiro atoms. The number of hydrogen-bond acceptors (Lipinski definition) is 6. The largest absolute Gasteiger partial charge is 0.497 e. The summed E-state index contributed by atoms with van der Waals surface area (Å²) in [5, 5.41) is 0. The Bertz CT molecular complexity index is 873. The van der Waals surface area contributed by atoms with Gasteiger partial charge in [0.2, 0.25) is 0 Å². The summed E-state index contributed by atoms with van der Waals surface area (Å²) in [6, 6.07) is 11.6. The zero-order valence-electron chi connectivity index (χ0n) is 19.2. The standard InChI is InChI=1S/C25H34N4O3/c1-20-8-10-28(11-9-20)24-7-6-21(19-26-24)25(30)29-14-12-27(13-15-29)16-17-32-23-5-3-4-22(18-23)31-2/h3-7,18-20H,8-17H2,1-2H3. The number of carbonyl (C=O) groups excluding carboxylic acids is 1. The normalized spacial score (nSPS) is 17.9. The quantitative estimate of drug-likeness (QED) is 0.662. The second-order valence-corrected chi connectivity index (χ2v) is 8.74. The van der Waals surface area contributed by atoms with E-state index in [-0.39, 0.29) is 5.91 Å². The fourth-order valence-corrected chi connectivity index (χ4v) is 4.28. The van der Waals surface area contributed by atoms with Gasteiger partial charge in [-0.15, -0.1) is 0 Å². The molecule has 0 aliphatic carbocycles. The third kappa shape index (κ3) is 5.71. The molecule has 2 aromatic rings. The SMILES string of the molecule is COc1cccc(OCCN2CCN(C(=O)c3ccc(N4CCC(C)CC4)nc3)CC2)c1. The summed E-state index contributed by atoms with van der Waals surface area (Å²) in [6.45, 7) is 9.00. The molecule has 0 unspecified atom stereocenters. The molecule has 1 aromatic heterocycles. The number of ether oxygens (including phenoxy) is 2. The lowest BCUT2D eigenvalue weighted by molar-refractivity contribution is 0.0620. The number of carbonyl (C=O) groups is 1. The first kappa shape index (κ1) is 22.4. The molecule has 0 N–H and O–H groups in total. The maximum Gasteiger partial charge on any atom is 0.255 e. The van der Waals surface area contributed by atoms with Crippen LogP contribution in [0.3, 0.4) is 0 Å². The highest BCUT2D eigenvalue weighted by Crippen LogP contribution is 2.22. The van der Waals surface area contributed by atoms with Crippen LogP contribution in [0.1, 0.15) is 30.1 Å². The van der Waals surface area contributed by atoms with Gasteiger partial charge in [0, 0.05) is 58.1 Å². The van der Waals surface area contributed by atoms with Crippen molar-refractivity contribution in [1.82, 2.24) is 14.8 Å². The molecule has 2 saturated heterocycles. The molecule has 172 valence electrons. The third-order valence-corrected chi connectivity index (χ3v) is 6.48. The number of hydrogen-bond donors (Lipinski definition) is 0. The van der Waals surface area contributed by atoms with Crippen molar-refractivity contribution < 1.29 is 14.3 Å². The number of nitrogens with zero attached hydrogens (tertiary/aromatic N) is 4. The molecule has 2 fully saturated rings. The summed E-state index contributed by atoms with van der Waals surface area (Å²) in [5.74, 6) is 3.45. The van der Waals surface area contributed by atoms with Crippen molar-refractivity contribution in [3.8, 4) is 11.5 Å². The van der Waals surface area contributed by atoms with E-state index in [1.165, 1.54) is 12.8 Å². The highest BCUT2D eigenvalue weighted by atomic mass is 16.5. The average Bonchev–Trinajstić information content (AvgIpc) is 2.85. The number of aromatic nitrogens is 1. The summed E-state index contributed by atoms with van der Waals surface area (Å²) in [7, 11) is 1.65. The molecular weight excluding hydrogens is 404 g/mol. The van der Waals surface area contributed by atoms with E-state index in [9.17, 15) is 4.79 Å². The Hall–Kier alpha value is -2.80. The van der Waals surface area contributed by atoms with E-state index in [0.717, 1.165) is 69.0 Å². The van der Waals surface area contributed by atoms with E-state index < -0.39 is 0 Å². The Morgan fingerprint density at radius 2 is 1.78 bits per heavy atom. The van der Waals surface area contributed by atoms with Gasteiger partial charge in [-0.1, -0.05) is 13.0 Å². The number of piperazine rings is 1. The van der Waals surface area contributed by atoms with E-state index in [1.54, 1.807) is 13.3 Å². The van der Waals surface area contributed by atoms with Crippen LogP contribution in [0.5, 0.6) is 11.5 Å². The summed E-state index contributed by atoms with van der Waals surface area (Å²) in [6.07, 6.45) is 4.15. The second-order valence-electron chi connectivity index (χ2n) is 8.74. The predicted octanol–water partition coefficient (Wildman–Crippen LogP) is 3.16. The molecule has 2 aliphatic heterocycles. The maximum absolute atomic E-state index is 12.9. The van der Waals surface area contributed by atoms with Gasteiger partial charge in [0.15, 0.2) is 0 Å². The first-order valence-corrected chi connectivity index (χ1v) is 11.6. The van der Waals surface area contributed by atoms with Gasteiger partial charge in [-0.25, -0.2) is 4.98 Å². The maximum atomic E-state index is 12.9. The topological polar surface area (TPSA) is 58.1 Å². The fourth-order valence-electron chi connectivity index (χ4n) is 4.28. The van der Waals surface area contributed by atoms with E-state index in [0.29, 0.717) is 12.2 Å². The van der Waals surface area contributed by atoms with Crippen LogP contribution in [0.25, 0.3) is 0 Å². The van der Waals surface area contributed by atoms with Crippen LogP contribution in [-0.2, 0) is 0 Å². The first-order chi connectivity index (χ1) is 15.6. The first-order valence-electron chi connectivity index (χ1n) is 11.6. The summed E-state index contributed by atoms with van der Waals surface area (Å²) >= 11 is 0. The average molecular weight is 439 g/mol. The molecule has 1 aromatic carbocycles. The Morgan fingerprint density at radius 1 is 1.03 bits per heavy atom. The van der Waals surface area contributed by atoms with Crippen molar-refractivity contribution in [1.29, 1.82) is 0 Å². The summed E-state index contributed by atoms with van der Waals surface area (Å²) in [5.41, 5.74) is 0.675. The molecule has 7 nitrogen and oxygen atoms in total. The van der Waals surface area contributed by atoms with Gasteiger partial charge in [-0.3, -0.25) is 9.69 Å². The summed E-state index contributed by atoms with van der Waals surface area (Å²) in [4.78, 5) is 24.1. The molecule has 3 heterocycles. The molecule has 0 saturated carbocycles. The van der Waals surface area contributed by atoms with Crippen LogP contribution in [0.2, 0.25) is 0 Å². The van der Waals surface area contributed by atoms with E-state index in [4.69, 9.17) is 9.47 Å². The zero-order chi connectivity index (χ0) is 22.3. The van der Waals surface area contributed by atoms with E-state index in [1.807, 2.05) is 41.3 Å². The molecule has 2 aliphatic rings. The van der Waals surface area contributed by atoms with Crippen molar-refractivity contribution in [2.24, 2.45) is 5.92 Å². The van der Waals surface area contributed by atoms with Gasteiger partial charge in [0.05, 0.1) is 12.7 Å². The van der Waals surface area contributed by atoms with Crippen LogP contribution < -0.4 is 14.4 Å². The van der Waals surface area contributed by atoms with Gasteiger partial charge >= 0.3 is 0 Å². The molecule has 7 heteroatoms. The van der Waals surface area contributed by atoms with Gasteiger partial charge in [0.25, 0.3) is 5.91 Å². The minimum absolute atomic E-state index is 0.0728. The summed E-state index contributed by atoms with van der Waals surface area (Å²) < 4.78 is 11.1. The third-order valence-electron chi connectivity index (χ3n) is 6.48. The number of amides is 1. The Labute approximate surface area is 190 Å². The monoisotopic (exact) mass is 438 g/mol. The van der Waals surface area contributed by atoms with Crippen LogP contribution in [0.15, 0.2) is 42.6 Å². The smallest absolute Gasteiger partial charge is 0.255 e. The minimum Gasteiger partial charge on any atom is -0.497 e. The predicted molar refractivity (Wildman–Crippen MR) is 126 cm³/mol. The van der Waals surface area contributed by atoms with Gasteiger partial charge < -0.3 is 19.3 Å². The Balaban J connectivity index is 1.21. The van der Waals surface area contributed by atoms with Crippen molar-refractivity contribution >= 4 is 11.7 Å². The van der Waals surface area contributed by atoms with E-state index >= 15 is 0 Å².